The second-order valence-corrected chi connectivity index (χ2v) is 3.25. The predicted molar refractivity (Wildman–Crippen MR) is 51.6 cm³/mol. The first-order chi connectivity index (χ1) is 6.97. The highest BCUT2D eigenvalue weighted by Crippen LogP contribution is 2.19. The van der Waals surface area contributed by atoms with E-state index < -0.39 is 29.1 Å². The van der Waals surface area contributed by atoms with Gasteiger partial charge in [0.05, 0.1) is 0 Å². The van der Waals surface area contributed by atoms with Crippen LogP contribution in [0.1, 0.15) is 28.2 Å². The topological polar surface area (TPSA) is 70.2 Å². The molecule has 0 aliphatic rings. The minimum atomic E-state index is -3.03. The van der Waals surface area contributed by atoms with Crippen LogP contribution in [-0.4, -0.2) is 16.1 Å². The standard InChI is InChI=1S/C8H6BrF2NO3/c9-2-3-1-4(13)5(8(14)15)6(12-3)7(10)11/h1,7H,2H2,(H,12,13)(H,14,15). The Kier molecular flexibility index (Phi) is 3.57. The maximum atomic E-state index is 12.4. The lowest BCUT2D eigenvalue weighted by atomic mass is 10.1. The number of rotatable bonds is 3. The Hall–Kier alpha value is -1.24. The molecule has 0 aliphatic carbocycles. The molecule has 15 heavy (non-hydrogen) atoms. The van der Waals surface area contributed by atoms with Crippen LogP contribution in [0, 0.1) is 0 Å². The maximum absolute atomic E-state index is 12.4. The number of carboxylic acids is 1. The fourth-order valence-electron chi connectivity index (χ4n) is 1.09. The number of hydrogen-bond donors (Lipinski definition) is 2. The SMILES string of the molecule is O=C(O)c1c(C(F)F)[nH]c(CBr)cc1=O. The molecule has 0 bridgehead atoms. The number of hydrogen-bond acceptors (Lipinski definition) is 2. The van der Waals surface area contributed by atoms with E-state index in [0.29, 0.717) is 0 Å². The summed E-state index contributed by atoms with van der Waals surface area (Å²) in [6.45, 7) is 0. The average molecular weight is 282 g/mol. The molecule has 0 saturated carbocycles. The van der Waals surface area contributed by atoms with Gasteiger partial charge >= 0.3 is 5.97 Å². The zero-order valence-corrected chi connectivity index (χ0v) is 8.85. The molecule has 0 atom stereocenters. The van der Waals surface area contributed by atoms with E-state index in [1.807, 2.05) is 0 Å². The number of carbonyl (C=O) groups is 1. The summed E-state index contributed by atoms with van der Waals surface area (Å²) in [7, 11) is 0. The minimum absolute atomic E-state index is 0.169. The van der Waals surface area contributed by atoms with Gasteiger partial charge in [0.15, 0.2) is 5.43 Å². The van der Waals surface area contributed by atoms with Crippen molar-refractivity contribution in [3.8, 4) is 0 Å². The highest BCUT2D eigenvalue weighted by Gasteiger charge is 2.22. The first kappa shape index (κ1) is 11.8. The fraction of sp³-hybridized carbons (Fsp3) is 0.250. The number of aromatic nitrogens is 1. The third-order valence-corrected chi connectivity index (χ3v) is 2.30. The average Bonchev–Trinajstić information content (AvgIpc) is 2.15. The van der Waals surface area contributed by atoms with Gasteiger partial charge in [0, 0.05) is 17.1 Å². The summed E-state index contributed by atoms with van der Waals surface area (Å²) in [5, 5.41) is 8.76. The van der Waals surface area contributed by atoms with Crippen LogP contribution in [0.4, 0.5) is 8.78 Å². The zero-order valence-electron chi connectivity index (χ0n) is 7.26. The van der Waals surface area contributed by atoms with Crippen molar-refractivity contribution in [2.45, 2.75) is 11.8 Å². The number of alkyl halides is 3. The van der Waals surface area contributed by atoms with Crippen LogP contribution in [0.15, 0.2) is 10.9 Å². The normalized spacial score (nSPS) is 10.7. The van der Waals surface area contributed by atoms with Gasteiger partial charge in [-0.2, -0.15) is 0 Å². The van der Waals surface area contributed by atoms with Crippen molar-refractivity contribution in [2.24, 2.45) is 0 Å². The third-order valence-electron chi connectivity index (χ3n) is 1.69. The Morgan fingerprint density at radius 1 is 1.60 bits per heavy atom. The molecule has 0 saturated heterocycles. The predicted octanol–water partition coefficient (Wildman–Crippen LogP) is 1.91. The Morgan fingerprint density at radius 3 is 2.60 bits per heavy atom. The Balaban J connectivity index is 3.50. The molecule has 0 unspecified atom stereocenters. The highest BCUT2D eigenvalue weighted by atomic mass is 79.9. The number of pyridine rings is 1. The van der Waals surface area contributed by atoms with E-state index in [2.05, 4.69) is 20.9 Å². The molecule has 0 radical (unpaired) electrons. The van der Waals surface area contributed by atoms with Crippen LogP contribution in [0.2, 0.25) is 0 Å². The second-order valence-electron chi connectivity index (χ2n) is 2.69. The van der Waals surface area contributed by atoms with E-state index in [1.165, 1.54) is 0 Å². The van der Waals surface area contributed by atoms with E-state index in [9.17, 15) is 18.4 Å². The molecule has 1 aromatic heterocycles. The van der Waals surface area contributed by atoms with E-state index in [0.717, 1.165) is 6.07 Å². The Labute approximate surface area is 91.1 Å². The zero-order chi connectivity index (χ0) is 11.6. The molecular formula is C8H6BrF2NO3. The number of carboxylic acid groups (broad SMARTS) is 1. The van der Waals surface area contributed by atoms with Crippen molar-refractivity contribution in [1.82, 2.24) is 4.98 Å². The van der Waals surface area contributed by atoms with Crippen molar-refractivity contribution >= 4 is 21.9 Å². The molecule has 0 spiro atoms. The molecule has 1 heterocycles. The monoisotopic (exact) mass is 281 g/mol. The molecule has 0 aliphatic heterocycles. The van der Waals surface area contributed by atoms with Crippen molar-refractivity contribution in [1.29, 1.82) is 0 Å². The van der Waals surface area contributed by atoms with Gasteiger partial charge in [-0.15, -0.1) is 0 Å². The van der Waals surface area contributed by atoms with Gasteiger partial charge in [-0.3, -0.25) is 4.79 Å². The molecule has 1 aromatic rings. The molecule has 0 amide bonds. The molecule has 2 N–H and O–H groups in total. The molecule has 4 nitrogen and oxygen atoms in total. The molecule has 1 rings (SSSR count). The smallest absolute Gasteiger partial charge is 0.341 e. The lowest BCUT2D eigenvalue weighted by molar-refractivity contribution is 0.0680. The molecule has 7 heteroatoms. The molecule has 0 aromatic carbocycles. The van der Waals surface area contributed by atoms with E-state index in [-0.39, 0.29) is 11.0 Å². The van der Waals surface area contributed by atoms with Crippen LogP contribution in [-0.2, 0) is 5.33 Å². The summed E-state index contributed by atoms with van der Waals surface area (Å²) in [6, 6.07) is 0.976. The summed E-state index contributed by atoms with van der Waals surface area (Å²) in [6.07, 6.45) is -3.03. The van der Waals surface area contributed by atoms with Crippen molar-refractivity contribution in [3.05, 3.63) is 33.2 Å². The van der Waals surface area contributed by atoms with Crippen LogP contribution >= 0.6 is 15.9 Å². The number of H-pyrrole nitrogens is 1. The van der Waals surface area contributed by atoms with Gasteiger partial charge in [-0.25, -0.2) is 13.6 Å². The minimum Gasteiger partial charge on any atom is -0.477 e. The first-order valence-corrected chi connectivity index (χ1v) is 4.93. The number of aromatic carboxylic acids is 1. The van der Waals surface area contributed by atoms with Gasteiger partial charge in [-0.1, -0.05) is 15.9 Å². The van der Waals surface area contributed by atoms with Gasteiger partial charge in [0.1, 0.15) is 11.3 Å². The quantitative estimate of drug-likeness (QED) is 0.832. The van der Waals surface area contributed by atoms with Gasteiger partial charge < -0.3 is 10.1 Å². The summed E-state index contributed by atoms with van der Waals surface area (Å²) < 4.78 is 24.9. The summed E-state index contributed by atoms with van der Waals surface area (Å²) in [5.41, 5.74) is -2.48. The van der Waals surface area contributed by atoms with E-state index in [4.69, 9.17) is 5.11 Å². The van der Waals surface area contributed by atoms with Crippen LogP contribution in [0.3, 0.4) is 0 Å². The number of halogens is 3. The van der Waals surface area contributed by atoms with Crippen LogP contribution in [0.25, 0.3) is 0 Å². The second kappa shape index (κ2) is 4.52. The van der Waals surface area contributed by atoms with Crippen molar-refractivity contribution in [2.75, 3.05) is 0 Å². The van der Waals surface area contributed by atoms with Crippen LogP contribution in [0.5, 0.6) is 0 Å². The van der Waals surface area contributed by atoms with E-state index in [1.54, 1.807) is 0 Å². The first-order valence-electron chi connectivity index (χ1n) is 3.81. The Bertz CT molecular complexity index is 444. The van der Waals surface area contributed by atoms with Gasteiger partial charge in [-0.05, 0) is 0 Å². The summed E-state index contributed by atoms with van der Waals surface area (Å²) in [5.74, 6) is -1.66. The largest absolute Gasteiger partial charge is 0.477 e. The highest BCUT2D eigenvalue weighted by molar-refractivity contribution is 9.08. The van der Waals surface area contributed by atoms with Gasteiger partial charge in [0.25, 0.3) is 6.43 Å². The number of nitrogens with one attached hydrogen (secondary N) is 1. The number of aromatic amines is 1. The van der Waals surface area contributed by atoms with Gasteiger partial charge in [0.2, 0.25) is 0 Å². The lowest BCUT2D eigenvalue weighted by Crippen LogP contribution is -2.20. The van der Waals surface area contributed by atoms with Crippen molar-refractivity contribution in [3.63, 3.8) is 0 Å². The Morgan fingerprint density at radius 2 is 2.20 bits per heavy atom. The van der Waals surface area contributed by atoms with Crippen molar-refractivity contribution < 1.29 is 18.7 Å². The summed E-state index contributed by atoms with van der Waals surface area (Å²) >= 11 is 2.97. The van der Waals surface area contributed by atoms with E-state index >= 15 is 0 Å². The third kappa shape index (κ3) is 2.41. The summed E-state index contributed by atoms with van der Waals surface area (Å²) in [4.78, 5) is 24.0. The molecular weight excluding hydrogens is 276 g/mol. The lowest BCUT2D eigenvalue weighted by Gasteiger charge is -2.06. The fourth-order valence-corrected chi connectivity index (χ4v) is 1.39. The maximum Gasteiger partial charge on any atom is 0.341 e. The van der Waals surface area contributed by atoms with Crippen LogP contribution < -0.4 is 5.43 Å². The molecule has 0 fully saturated rings. The molecule has 82 valence electrons.